The number of ether oxygens (including phenoxy) is 1. The van der Waals surface area contributed by atoms with E-state index in [1.807, 2.05) is 11.6 Å². The first-order chi connectivity index (χ1) is 9.10. The lowest BCUT2D eigenvalue weighted by Crippen LogP contribution is -2.39. The van der Waals surface area contributed by atoms with Crippen molar-refractivity contribution >= 4 is 11.5 Å². The second-order valence-corrected chi connectivity index (χ2v) is 4.79. The Labute approximate surface area is 116 Å². The van der Waals surface area contributed by atoms with Crippen LogP contribution in [-0.4, -0.2) is 36.1 Å². The van der Waals surface area contributed by atoms with Crippen LogP contribution in [0.2, 0.25) is 0 Å². The van der Waals surface area contributed by atoms with Gasteiger partial charge in [0.05, 0.1) is 18.0 Å². The van der Waals surface area contributed by atoms with Gasteiger partial charge in [-0.2, -0.15) is 5.10 Å². The summed E-state index contributed by atoms with van der Waals surface area (Å²) >= 11 is 0. The first-order valence-electron chi connectivity index (χ1n) is 7.18. The molecule has 0 fully saturated rings. The SMILES string of the molecule is CCC(CC)N(CCOC)c1c(N)c(C)nn1CC. The number of nitrogens with two attached hydrogens (primary N) is 1. The van der Waals surface area contributed by atoms with Gasteiger partial charge in [0.15, 0.2) is 5.82 Å². The third kappa shape index (κ3) is 3.41. The van der Waals surface area contributed by atoms with Crippen LogP contribution in [0, 0.1) is 6.92 Å². The minimum atomic E-state index is 0.471. The molecule has 2 N–H and O–H groups in total. The van der Waals surface area contributed by atoms with Crippen LogP contribution in [0.1, 0.15) is 39.3 Å². The van der Waals surface area contributed by atoms with E-state index in [0.717, 1.165) is 43.1 Å². The van der Waals surface area contributed by atoms with Crippen molar-refractivity contribution in [2.45, 2.75) is 53.1 Å². The molecular formula is C14H28N4O. The fourth-order valence-electron chi connectivity index (χ4n) is 2.49. The third-order valence-corrected chi connectivity index (χ3v) is 3.64. The van der Waals surface area contributed by atoms with Crippen LogP contribution in [0.5, 0.6) is 0 Å². The van der Waals surface area contributed by atoms with Gasteiger partial charge in [0, 0.05) is 26.2 Å². The Morgan fingerprint density at radius 3 is 2.42 bits per heavy atom. The first kappa shape index (κ1) is 15.8. The zero-order valence-corrected chi connectivity index (χ0v) is 12.9. The molecule has 19 heavy (non-hydrogen) atoms. The number of nitrogens with zero attached hydrogens (tertiary/aromatic N) is 3. The predicted molar refractivity (Wildman–Crippen MR) is 80.6 cm³/mol. The number of methoxy groups -OCH3 is 1. The van der Waals surface area contributed by atoms with Crippen molar-refractivity contribution in [3.05, 3.63) is 5.69 Å². The summed E-state index contributed by atoms with van der Waals surface area (Å²) in [5.41, 5.74) is 7.94. The Kier molecular flexibility index (Phi) is 6.15. The molecule has 110 valence electrons. The van der Waals surface area contributed by atoms with Crippen molar-refractivity contribution in [1.82, 2.24) is 9.78 Å². The van der Waals surface area contributed by atoms with Gasteiger partial charge in [-0.15, -0.1) is 0 Å². The number of aryl methyl sites for hydroxylation is 2. The van der Waals surface area contributed by atoms with Gasteiger partial charge in [0.25, 0.3) is 0 Å². The highest BCUT2D eigenvalue weighted by atomic mass is 16.5. The Balaban J connectivity index is 3.15. The van der Waals surface area contributed by atoms with Crippen molar-refractivity contribution in [3.8, 4) is 0 Å². The number of rotatable bonds is 8. The van der Waals surface area contributed by atoms with E-state index >= 15 is 0 Å². The van der Waals surface area contributed by atoms with Gasteiger partial charge in [0.2, 0.25) is 0 Å². The molecule has 1 aromatic rings. The minimum Gasteiger partial charge on any atom is -0.394 e. The molecule has 5 nitrogen and oxygen atoms in total. The predicted octanol–water partition coefficient (Wildman–Crippen LogP) is 2.44. The van der Waals surface area contributed by atoms with Crippen LogP contribution in [0.25, 0.3) is 0 Å². The average Bonchev–Trinajstić information content (AvgIpc) is 2.70. The zero-order chi connectivity index (χ0) is 14.4. The number of hydrogen-bond acceptors (Lipinski definition) is 4. The van der Waals surface area contributed by atoms with Gasteiger partial charge in [-0.1, -0.05) is 13.8 Å². The molecule has 0 saturated carbocycles. The molecule has 0 amide bonds. The normalized spacial score (nSPS) is 11.3. The summed E-state index contributed by atoms with van der Waals surface area (Å²) < 4.78 is 7.24. The second kappa shape index (κ2) is 7.38. The average molecular weight is 268 g/mol. The van der Waals surface area contributed by atoms with Gasteiger partial charge in [-0.05, 0) is 26.7 Å². The van der Waals surface area contributed by atoms with Crippen LogP contribution < -0.4 is 10.6 Å². The molecule has 0 saturated heterocycles. The van der Waals surface area contributed by atoms with Crippen LogP contribution in [0.15, 0.2) is 0 Å². The molecule has 0 spiro atoms. The van der Waals surface area contributed by atoms with Gasteiger partial charge in [-0.3, -0.25) is 0 Å². The van der Waals surface area contributed by atoms with E-state index in [1.54, 1.807) is 7.11 Å². The summed E-state index contributed by atoms with van der Waals surface area (Å²) in [6.45, 7) is 10.9. The van der Waals surface area contributed by atoms with Crippen molar-refractivity contribution in [1.29, 1.82) is 0 Å². The van der Waals surface area contributed by atoms with Gasteiger partial charge in [0.1, 0.15) is 0 Å². The lowest BCUT2D eigenvalue weighted by Gasteiger charge is -2.33. The van der Waals surface area contributed by atoms with E-state index in [0.29, 0.717) is 12.6 Å². The maximum atomic E-state index is 6.23. The van der Waals surface area contributed by atoms with E-state index in [9.17, 15) is 0 Å². The van der Waals surface area contributed by atoms with Crippen LogP contribution in [-0.2, 0) is 11.3 Å². The molecule has 0 aliphatic rings. The fraction of sp³-hybridized carbons (Fsp3) is 0.786. The second-order valence-electron chi connectivity index (χ2n) is 4.79. The van der Waals surface area contributed by atoms with E-state index < -0.39 is 0 Å². The maximum Gasteiger partial charge on any atom is 0.150 e. The molecule has 0 aliphatic heterocycles. The lowest BCUT2D eigenvalue weighted by molar-refractivity contribution is 0.202. The van der Waals surface area contributed by atoms with Crippen molar-refractivity contribution in [2.75, 3.05) is 30.9 Å². The highest BCUT2D eigenvalue weighted by Crippen LogP contribution is 2.29. The molecule has 1 rings (SSSR count). The van der Waals surface area contributed by atoms with E-state index in [4.69, 9.17) is 10.5 Å². The van der Waals surface area contributed by atoms with Gasteiger partial charge >= 0.3 is 0 Å². The summed E-state index contributed by atoms with van der Waals surface area (Å²) in [6, 6.07) is 0.471. The van der Waals surface area contributed by atoms with Crippen LogP contribution in [0.4, 0.5) is 11.5 Å². The number of nitrogen functional groups attached to an aromatic ring is 1. The van der Waals surface area contributed by atoms with Crippen LogP contribution >= 0.6 is 0 Å². The molecule has 0 unspecified atom stereocenters. The van der Waals surface area contributed by atoms with Crippen molar-refractivity contribution in [3.63, 3.8) is 0 Å². The fourth-order valence-corrected chi connectivity index (χ4v) is 2.49. The number of aromatic nitrogens is 2. The summed E-state index contributed by atoms with van der Waals surface area (Å²) in [5, 5.41) is 4.52. The smallest absolute Gasteiger partial charge is 0.150 e. The van der Waals surface area contributed by atoms with Gasteiger partial charge < -0.3 is 15.4 Å². The number of hydrogen-bond donors (Lipinski definition) is 1. The molecule has 1 heterocycles. The molecule has 0 aromatic carbocycles. The molecule has 0 atom stereocenters. The molecule has 0 bridgehead atoms. The summed E-state index contributed by atoms with van der Waals surface area (Å²) in [6.07, 6.45) is 2.18. The number of anilines is 2. The van der Waals surface area contributed by atoms with Crippen LogP contribution in [0.3, 0.4) is 0 Å². The largest absolute Gasteiger partial charge is 0.394 e. The molecular weight excluding hydrogens is 240 g/mol. The Morgan fingerprint density at radius 2 is 1.95 bits per heavy atom. The van der Waals surface area contributed by atoms with Crippen molar-refractivity contribution in [2.24, 2.45) is 0 Å². The van der Waals surface area contributed by atoms with E-state index in [1.165, 1.54) is 0 Å². The van der Waals surface area contributed by atoms with E-state index in [2.05, 4.69) is 30.8 Å². The first-order valence-corrected chi connectivity index (χ1v) is 7.18. The summed E-state index contributed by atoms with van der Waals surface area (Å²) in [4.78, 5) is 2.35. The third-order valence-electron chi connectivity index (χ3n) is 3.64. The van der Waals surface area contributed by atoms with Crippen molar-refractivity contribution < 1.29 is 4.74 Å². The highest BCUT2D eigenvalue weighted by Gasteiger charge is 2.23. The Morgan fingerprint density at radius 1 is 1.32 bits per heavy atom. The highest BCUT2D eigenvalue weighted by molar-refractivity contribution is 5.66. The zero-order valence-electron chi connectivity index (χ0n) is 12.9. The summed E-state index contributed by atoms with van der Waals surface area (Å²) in [5.74, 6) is 1.05. The summed E-state index contributed by atoms with van der Waals surface area (Å²) in [7, 11) is 1.73. The minimum absolute atomic E-state index is 0.471. The maximum absolute atomic E-state index is 6.23. The van der Waals surface area contributed by atoms with E-state index in [-0.39, 0.29) is 0 Å². The van der Waals surface area contributed by atoms with Gasteiger partial charge in [-0.25, -0.2) is 4.68 Å². The topological polar surface area (TPSA) is 56.3 Å². The molecule has 1 aromatic heterocycles. The lowest BCUT2D eigenvalue weighted by atomic mass is 10.1. The monoisotopic (exact) mass is 268 g/mol. The Hall–Kier alpha value is -1.23. The molecule has 0 radical (unpaired) electrons. The standard InChI is InChI=1S/C14H28N4O/c1-6-12(7-2)17(9-10-19-5)14-13(15)11(4)16-18(14)8-3/h12H,6-10,15H2,1-5H3. The quantitative estimate of drug-likeness (QED) is 0.786. The molecule has 0 aliphatic carbocycles. The Bertz CT molecular complexity index is 385. The molecule has 5 heteroatoms.